The summed E-state index contributed by atoms with van der Waals surface area (Å²) < 4.78 is 25.9. The van der Waals surface area contributed by atoms with Gasteiger partial charge in [-0.3, -0.25) is 4.98 Å². The molecule has 1 N–H and O–H groups in total. The number of sulfonamides is 1. The van der Waals surface area contributed by atoms with Crippen LogP contribution in [0.15, 0.2) is 41.8 Å². The number of nitrogens with one attached hydrogen (secondary N) is 1. The minimum Gasteiger partial charge on any atom is -0.357 e. The molecule has 0 amide bonds. The summed E-state index contributed by atoms with van der Waals surface area (Å²) in [4.78, 5) is 11.8. The molecule has 2 rings (SSSR count). The van der Waals surface area contributed by atoms with Gasteiger partial charge in [0.1, 0.15) is 4.90 Å². The number of hydrogen-bond acceptors (Lipinski definition) is 6. The van der Waals surface area contributed by atoms with Gasteiger partial charge in [0.05, 0.1) is 12.4 Å². The Balaban J connectivity index is 2.20. The molecule has 0 fully saturated rings. The summed E-state index contributed by atoms with van der Waals surface area (Å²) in [5, 5.41) is 2.74. The highest BCUT2D eigenvalue weighted by atomic mass is 32.2. The van der Waals surface area contributed by atoms with Crippen LogP contribution >= 0.6 is 0 Å². The molecule has 0 aliphatic carbocycles. The Morgan fingerprint density at radius 3 is 2.50 bits per heavy atom. The molecule has 2 aromatic rings. The Hall–Kier alpha value is -2.06. The third-order valence-corrected chi connectivity index (χ3v) is 4.44. The zero-order chi connectivity index (χ0) is 14.6. The lowest BCUT2D eigenvalue weighted by atomic mass is 10.3. The van der Waals surface area contributed by atoms with Crippen LogP contribution in [0.1, 0.15) is 5.56 Å². The first-order chi connectivity index (χ1) is 9.54. The summed E-state index contributed by atoms with van der Waals surface area (Å²) in [5.41, 5.74) is 0.811. The molecule has 0 unspecified atom stereocenters. The minimum atomic E-state index is -3.61. The van der Waals surface area contributed by atoms with Crippen molar-refractivity contribution in [1.82, 2.24) is 19.3 Å². The minimum absolute atomic E-state index is 0.0582. The topological polar surface area (TPSA) is 88.1 Å². The zero-order valence-electron chi connectivity index (χ0n) is 11.2. The van der Waals surface area contributed by atoms with E-state index in [-0.39, 0.29) is 11.4 Å². The van der Waals surface area contributed by atoms with Gasteiger partial charge < -0.3 is 5.32 Å². The van der Waals surface area contributed by atoms with Crippen LogP contribution in [-0.2, 0) is 16.6 Å². The lowest BCUT2D eigenvalue weighted by Crippen LogP contribution is -2.26. The second kappa shape index (κ2) is 5.93. The highest BCUT2D eigenvalue weighted by Crippen LogP contribution is 2.15. The van der Waals surface area contributed by atoms with Crippen LogP contribution < -0.4 is 5.32 Å². The normalized spacial score (nSPS) is 11.6. The maximum atomic E-state index is 12.3. The Morgan fingerprint density at radius 1 is 1.25 bits per heavy atom. The van der Waals surface area contributed by atoms with Gasteiger partial charge in [0.2, 0.25) is 16.0 Å². The van der Waals surface area contributed by atoms with E-state index in [1.165, 1.54) is 23.7 Å². The highest BCUT2D eigenvalue weighted by molar-refractivity contribution is 7.89. The summed E-state index contributed by atoms with van der Waals surface area (Å²) in [6.07, 6.45) is 5.84. The molecule has 106 valence electrons. The third kappa shape index (κ3) is 3.09. The van der Waals surface area contributed by atoms with Gasteiger partial charge in [-0.2, -0.15) is 4.31 Å². The van der Waals surface area contributed by atoms with E-state index in [0.29, 0.717) is 5.95 Å². The van der Waals surface area contributed by atoms with E-state index in [9.17, 15) is 8.42 Å². The lowest BCUT2D eigenvalue weighted by Gasteiger charge is -2.16. The van der Waals surface area contributed by atoms with E-state index in [0.717, 1.165) is 5.56 Å². The van der Waals surface area contributed by atoms with Gasteiger partial charge in [-0.25, -0.2) is 18.4 Å². The summed E-state index contributed by atoms with van der Waals surface area (Å²) in [6, 6.07) is 3.58. The van der Waals surface area contributed by atoms with Crippen LogP contribution in [0.4, 0.5) is 5.95 Å². The van der Waals surface area contributed by atoms with Crippen molar-refractivity contribution in [3.63, 3.8) is 0 Å². The highest BCUT2D eigenvalue weighted by Gasteiger charge is 2.21. The fourth-order valence-electron chi connectivity index (χ4n) is 1.59. The van der Waals surface area contributed by atoms with E-state index >= 15 is 0 Å². The van der Waals surface area contributed by atoms with Crippen LogP contribution in [0, 0.1) is 0 Å². The average Bonchev–Trinajstić information content (AvgIpc) is 2.48. The van der Waals surface area contributed by atoms with Crippen LogP contribution in [0.3, 0.4) is 0 Å². The molecule has 0 bridgehead atoms. The van der Waals surface area contributed by atoms with E-state index in [1.54, 1.807) is 25.5 Å². The maximum absolute atomic E-state index is 12.3. The molecular formula is C12H15N5O2S. The second-order valence-corrected chi connectivity index (χ2v) is 6.16. The average molecular weight is 293 g/mol. The monoisotopic (exact) mass is 293 g/mol. The molecule has 0 aromatic carbocycles. The number of nitrogens with zero attached hydrogens (tertiary/aromatic N) is 4. The molecule has 20 heavy (non-hydrogen) atoms. The molecule has 0 spiro atoms. The van der Waals surface area contributed by atoms with Crippen molar-refractivity contribution < 1.29 is 8.42 Å². The van der Waals surface area contributed by atoms with Crippen LogP contribution in [0.25, 0.3) is 0 Å². The largest absolute Gasteiger partial charge is 0.357 e. The van der Waals surface area contributed by atoms with Crippen molar-refractivity contribution in [1.29, 1.82) is 0 Å². The number of aromatic nitrogens is 3. The van der Waals surface area contributed by atoms with Crippen LogP contribution in [-0.4, -0.2) is 41.8 Å². The molecule has 0 saturated carbocycles. The smallest absolute Gasteiger partial charge is 0.246 e. The maximum Gasteiger partial charge on any atom is 0.246 e. The number of anilines is 1. The van der Waals surface area contributed by atoms with Gasteiger partial charge in [-0.1, -0.05) is 6.07 Å². The van der Waals surface area contributed by atoms with Crippen molar-refractivity contribution in [3.05, 3.63) is 42.5 Å². The Kier molecular flexibility index (Phi) is 4.26. The first-order valence-corrected chi connectivity index (χ1v) is 7.33. The van der Waals surface area contributed by atoms with Crippen molar-refractivity contribution in [2.45, 2.75) is 11.4 Å². The fourth-order valence-corrected chi connectivity index (χ4v) is 2.64. The molecule has 0 saturated heterocycles. The number of rotatable bonds is 5. The Bertz CT molecular complexity index is 658. The zero-order valence-corrected chi connectivity index (χ0v) is 12.0. The van der Waals surface area contributed by atoms with E-state index < -0.39 is 10.0 Å². The molecule has 0 radical (unpaired) electrons. The molecule has 0 aliphatic rings. The SMILES string of the molecule is CNc1ncc(S(=O)(=O)N(C)Cc2cccnc2)cn1. The number of hydrogen-bond donors (Lipinski definition) is 1. The molecule has 2 aromatic heterocycles. The van der Waals surface area contributed by atoms with Gasteiger partial charge in [-0.15, -0.1) is 0 Å². The van der Waals surface area contributed by atoms with E-state index in [4.69, 9.17) is 0 Å². The quantitative estimate of drug-likeness (QED) is 0.874. The predicted octanol–water partition coefficient (Wildman–Crippen LogP) is 0.734. The van der Waals surface area contributed by atoms with Crippen molar-refractivity contribution in [2.24, 2.45) is 0 Å². The van der Waals surface area contributed by atoms with Crippen LogP contribution in [0.5, 0.6) is 0 Å². The molecule has 8 heteroatoms. The van der Waals surface area contributed by atoms with Gasteiger partial charge in [0, 0.05) is 33.0 Å². The lowest BCUT2D eigenvalue weighted by molar-refractivity contribution is 0.465. The second-order valence-electron chi connectivity index (χ2n) is 4.11. The van der Waals surface area contributed by atoms with Gasteiger partial charge in [0.15, 0.2) is 0 Å². The first-order valence-electron chi connectivity index (χ1n) is 5.89. The molecule has 0 atom stereocenters. The van der Waals surface area contributed by atoms with Gasteiger partial charge in [0.25, 0.3) is 0 Å². The summed E-state index contributed by atoms with van der Waals surface area (Å²) >= 11 is 0. The Labute approximate surface area is 117 Å². The summed E-state index contributed by atoms with van der Waals surface area (Å²) in [6.45, 7) is 0.240. The standard InChI is InChI=1S/C12H15N5O2S/c1-13-12-15-7-11(8-16-12)20(18,19)17(2)9-10-4-3-5-14-6-10/h3-8H,9H2,1-2H3,(H,13,15,16). The molecule has 7 nitrogen and oxygen atoms in total. The molecular weight excluding hydrogens is 278 g/mol. The Morgan fingerprint density at radius 2 is 1.95 bits per heavy atom. The van der Waals surface area contributed by atoms with Gasteiger partial charge in [-0.05, 0) is 11.6 Å². The van der Waals surface area contributed by atoms with Crippen molar-refractivity contribution in [2.75, 3.05) is 19.4 Å². The van der Waals surface area contributed by atoms with Crippen LogP contribution in [0.2, 0.25) is 0 Å². The molecule has 2 heterocycles. The van der Waals surface area contributed by atoms with E-state index in [2.05, 4.69) is 20.3 Å². The summed E-state index contributed by atoms with van der Waals surface area (Å²) in [5.74, 6) is 0.374. The summed E-state index contributed by atoms with van der Waals surface area (Å²) in [7, 11) is -0.436. The first kappa shape index (κ1) is 14.4. The van der Waals surface area contributed by atoms with Crippen molar-refractivity contribution >= 4 is 16.0 Å². The van der Waals surface area contributed by atoms with Crippen molar-refractivity contribution in [3.8, 4) is 0 Å². The third-order valence-electron chi connectivity index (χ3n) is 2.69. The fraction of sp³-hybridized carbons (Fsp3) is 0.250. The predicted molar refractivity (Wildman–Crippen MR) is 74.5 cm³/mol. The molecule has 0 aliphatic heterocycles. The number of pyridine rings is 1. The van der Waals surface area contributed by atoms with E-state index in [1.807, 2.05) is 6.07 Å². The van der Waals surface area contributed by atoms with Gasteiger partial charge >= 0.3 is 0 Å².